The molecule has 3 rings (SSSR count). The first kappa shape index (κ1) is 16.1. The molecule has 4 nitrogen and oxygen atoms in total. The van der Waals surface area contributed by atoms with Gasteiger partial charge in [-0.25, -0.2) is 0 Å². The molecule has 0 aliphatic rings. The van der Waals surface area contributed by atoms with Gasteiger partial charge in [0.15, 0.2) is 0 Å². The van der Waals surface area contributed by atoms with E-state index in [1.165, 1.54) is 0 Å². The number of hydrogen-bond donors (Lipinski definition) is 1. The highest BCUT2D eigenvalue weighted by Crippen LogP contribution is 2.20. The Bertz CT molecular complexity index is 834. The van der Waals surface area contributed by atoms with Gasteiger partial charge in [-0.2, -0.15) is 0 Å². The van der Waals surface area contributed by atoms with Crippen LogP contribution in [0.4, 0.5) is 5.69 Å². The van der Waals surface area contributed by atoms with Crippen molar-refractivity contribution in [3.63, 3.8) is 0 Å². The predicted octanol–water partition coefficient (Wildman–Crippen LogP) is 4.38. The van der Waals surface area contributed by atoms with Gasteiger partial charge in [-0.15, -0.1) is 0 Å². The van der Waals surface area contributed by atoms with Gasteiger partial charge in [-0.3, -0.25) is 4.79 Å². The molecule has 1 amide bonds. The van der Waals surface area contributed by atoms with Crippen LogP contribution in [0.3, 0.4) is 0 Å². The molecule has 0 atom stereocenters. The lowest BCUT2D eigenvalue weighted by Crippen LogP contribution is -2.19. The summed E-state index contributed by atoms with van der Waals surface area (Å²) in [5.41, 5.74) is 2.93. The third kappa shape index (κ3) is 3.59. The lowest BCUT2D eigenvalue weighted by Gasteiger charge is -2.10. The Hall–Kier alpha value is -2.75. The van der Waals surface area contributed by atoms with Crippen LogP contribution >= 0.6 is 0 Å². The Balaban J connectivity index is 1.68. The number of benzene rings is 2. The van der Waals surface area contributed by atoms with Crippen molar-refractivity contribution < 1.29 is 9.53 Å². The number of fused-ring (bicyclic) bond motifs is 1. The van der Waals surface area contributed by atoms with Gasteiger partial charge in [-0.1, -0.05) is 25.1 Å². The largest absolute Gasteiger partial charge is 0.494 e. The maximum absolute atomic E-state index is 12.4. The van der Waals surface area contributed by atoms with Crippen molar-refractivity contribution in [3.8, 4) is 5.75 Å². The number of nitrogens with one attached hydrogen (secondary N) is 1. The Morgan fingerprint density at radius 2 is 1.88 bits per heavy atom. The van der Waals surface area contributed by atoms with Crippen LogP contribution in [0.15, 0.2) is 54.6 Å². The minimum Gasteiger partial charge on any atom is -0.494 e. The second kappa shape index (κ2) is 7.21. The van der Waals surface area contributed by atoms with Gasteiger partial charge >= 0.3 is 0 Å². The van der Waals surface area contributed by atoms with E-state index in [1.807, 2.05) is 54.0 Å². The van der Waals surface area contributed by atoms with Gasteiger partial charge in [0.1, 0.15) is 12.3 Å². The Morgan fingerprint density at radius 1 is 1.12 bits per heavy atom. The van der Waals surface area contributed by atoms with E-state index in [0.29, 0.717) is 13.2 Å². The quantitative estimate of drug-likeness (QED) is 0.732. The molecule has 24 heavy (non-hydrogen) atoms. The molecule has 0 saturated heterocycles. The third-order valence-corrected chi connectivity index (χ3v) is 3.93. The number of ether oxygens (including phenoxy) is 1. The van der Waals surface area contributed by atoms with E-state index in [1.54, 1.807) is 0 Å². The zero-order valence-electron chi connectivity index (χ0n) is 14.1. The number of aromatic nitrogens is 1. The van der Waals surface area contributed by atoms with Gasteiger partial charge < -0.3 is 14.6 Å². The molecule has 0 fully saturated rings. The smallest absolute Gasteiger partial charge is 0.244 e. The first-order valence-corrected chi connectivity index (χ1v) is 8.25. The van der Waals surface area contributed by atoms with E-state index in [4.69, 9.17) is 4.74 Å². The van der Waals surface area contributed by atoms with Gasteiger partial charge in [0.2, 0.25) is 5.91 Å². The van der Waals surface area contributed by atoms with Gasteiger partial charge in [0.25, 0.3) is 0 Å². The number of nitrogens with zero attached hydrogens (tertiary/aromatic N) is 1. The second-order valence-electron chi connectivity index (χ2n) is 5.85. The van der Waals surface area contributed by atoms with Crippen LogP contribution in [-0.2, 0) is 11.3 Å². The topological polar surface area (TPSA) is 43.3 Å². The van der Waals surface area contributed by atoms with E-state index in [-0.39, 0.29) is 5.91 Å². The fraction of sp³-hybridized carbons (Fsp3) is 0.250. The zero-order valence-corrected chi connectivity index (χ0v) is 14.1. The van der Waals surface area contributed by atoms with Crippen LogP contribution in [0.2, 0.25) is 0 Å². The normalized spacial score (nSPS) is 10.8. The summed E-state index contributed by atoms with van der Waals surface area (Å²) >= 11 is 0. The molecule has 4 heteroatoms. The molecule has 0 aliphatic carbocycles. The summed E-state index contributed by atoms with van der Waals surface area (Å²) in [5.74, 6) is 0.781. The van der Waals surface area contributed by atoms with Crippen molar-refractivity contribution in [2.24, 2.45) is 0 Å². The van der Waals surface area contributed by atoms with E-state index in [2.05, 4.69) is 24.4 Å². The molecular weight excluding hydrogens is 300 g/mol. The molecule has 0 unspecified atom stereocenters. The molecule has 0 bridgehead atoms. The van der Waals surface area contributed by atoms with Gasteiger partial charge in [-0.05, 0) is 55.1 Å². The van der Waals surface area contributed by atoms with Crippen LogP contribution in [-0.4, -0.2) is 17.1 Å². The fourth-order valence-corrected chi connectivity index (χ4v) is 2.76. The Morgan fingerprint density at radius 3 is 2.62 bits per heavy atom. The summed E-state index contributed by atoms with van der Waals surface area (Å²) in [5, 5.41) is 4.09. The summed E-state index contributed by atoms with van der Waals surface area (Å²) in [6.45, 7) is 5.09. The number of anilines is 1. The van der Waals surface area contributed by atoms with Gasteiger partial charge in [0.05, 0.1) is 6.61 Å². The molecule has 0 radical (unpaired) electrons. The molecule has 2 aromatic carbocycles. The van der Waals surface area contributed by atoms with Crippen molar-refractivity contribution in [2.75, 3.05) is 11.9 Å². The summed E-state index contributed by atoms with van der Waals surface area (Å²) < 4.78 is 7.58. The molecule has 3 aromatic rings. The van der Waals surface area contributed by atoms with Crippen LogP contribution in [0.5, 0.6) is 5.75 Å². The average molecular weight is 322 g/mol. The van der Waals surface area contributed by atoms with Crippen molar-refractivity contribution in [1.29, 1.82) is 0 Å². The number of hydrogen-bond acceptors (Lipinski definition) is 2. The van der Waals surface area contributed by atoms with Crippen LogP contribution < -0.4 is 10.1 Å². The van der Waals surface area contributed by atoms with E-state index < -0.39 is 0 Å². The van der Waals surface area contributed by atoms with Crippen molar-refractivity contribution in [2.45, 2.75) is 26.8 Å². The monoisotopic (exact) mass is 322 g/mol. The highest BCUT2D eigenvalue weighted by Gasteiger charge is 2.09. The summed E-state index contributed by atoms with van der Waals surface area (Å²) in [6.07, 6.45) is 0.975. The number of rotatable bonds is 6. The first-order chi connectivity index (χ1) is 11.7. The molecule has 124 valence electrons. The standard InChI is InChI=1S/C20H22N2O2/c1-3-12-24-18-10-8-17(9-11-18)21-20(23)14-22-15(2)13-16-6-4-5-7-19(16)22/h4-11,13H,3,12,14H2,1-2H3,(H,21,23). The molecular formula is C20H22N2O2. The molecule has 0 saturated carbocycles. The average Bonchev–Trinajstić information content (AvgIpc) is 2.90. The lowest BCUT2D eigenvalue weighted by molar-refractivity contribution is -0.116. The summed E-state index contributed by atoms with van der Waals surface area (Å²) in [6, 6.07) is 17.7. The highest BCUT2D eigenvalue weighted by molar-refractivity contribution is 5.92. The van der Waals surface area contributed by atoms with Gasteiger partial charge in [0, 0.05) is 16.9 Å². The third-order valence-electron chi connectivity index (χ3n) is 3.93. The minimum absolute atomic E-state index is 0.0401. The van der Waals surface area contributed by atoms with Crippen molar-refractivity contribution >= 4 is 22.5 Å². The molecule has 0 aliphatic heterocycles. The number of para-hydroxylation sites is 1. The van der Waals surface area contributed by atoms with Crippen LogP contribution in [0.1, 0.15) is 19.0 Å². The highest BCUT2D eigenvalue weighted by atomic mass is 16.5. The lowest BCUT2D eigenvalue weighted by atomic mass is 10.2. The second-order valence-corrected chi connectivity index (χ2v) is 5.85. The molecule has 1 aromatic heterocycles. The zero-order chi connectivity index (χ0) is 16.9. The molecule has 0 spiro atoms. The van der Waals surface area contributed by atoms with E-state index in [9.17, 15) is 4.79 Å². The maximum Gasteiger partial charge on any atom is 0.244 e. The number of carbonyl (C=O) groups is 1. The fourth-order valence-electron chi connectivity index (χ4n) is 2.76. The number of carbonyl (C=O) groups excluding carboxylic acids is 1. The van der Waals surface area contributed by atoms with Crippen molar-refractivity contribution in [3.05, 3.63) is 60.3 Å². The maximum atomic E-state index is 12.4. The first-order valence-electron chi connectivity index (χ1n) is 8.25. The van der Waals surface area contributed by atoms with Crippen LogP contribution in [0, 0.1) is 6.92 Å². The summed E-state index contributed by atoms with van der Waals surface area (Å²) in [7, 11) is 0. The van der Waals surface area contributed by atoms with Crippen LogP contribution in [0.25, 0.3) is 10.9 Å². The SMILES string of the molecule is CCCOc1ccc(NC(=O)Cn2c(C)cc3ccccc32)cc1. The number of aryl methyl sites for hydroxylation is 1. The number of amides is 1. The summed E-state index contributed by atoms with van der Waals surface area (Å²) in [4.78, 5) is 12.4. The van der Waals surface area contributed by atoms with E-state index >= 15 is 0 Å². The van der Waals surface area contributed by atoms with E-state index in [0.717, 1.165) is 34.5 Å². The predicted molar refractivity (Wildman–Crippen MR) is 97.5 cm³/mol. The molecule has 1 heterocycles. The van der Waals surface area contributed by atoms with Crippen molar-refractivity contribution in [1.82, 2.24) is 4.57 Å². The Labute approximate surface area is 142 Å². The Kier molecular flexibility index (Phi) is 4.85. The molecule has 1 N–H and O–H groups in total. The minimum atomic E-state index is -0.0401.